The zero-order valence-corrected chi connectivity index (χ0v) is 19.2. The van der Waals surface area contributed by atoms with Crippen molar-refractivity contribution in [1.29, 1.82) is 0 Å². The number of aromatic amines is 1. The lowest BCUT2D eigenvalue weighted by Gasteiger charge is -2.10. The number of rotatable bonds is 9. The number of aromatic nitrogens is 4. The van der Waals surface area contributed by atoms with Crippen LogP contribution < -0.4 is 15.5 Å². The Balaban J connectivity index is 1.66. The van der Waals surface area contributed by atoms with E-state index in [9.17, 15) is 4.79 Å². The predicted molar refractivity (Wildman–Crippen MR) is 125 cm³/mol. The summed E-state index contributed by atoms with van der Waals surface area (Å²) in [7, 11) is 1.65. The Bertz CT molecular complexity index is 1290. The fourth-order valence-corrected chi connectivity index (χ4v) is 4.15. The van der Waals surface area contributed by atoms with Crippen LogP contribution in [0.1, 0.15) is 43.0 Å². The minimum absolute atomic E-state index is 0.309. The van der Waals surface area contributed by atoms with Crippen molar-refractivity contribution in [1.82, 2.24) is 25.6 Å². The van der Waals surface area contributed by atoms with Crippen LogP contribution in [0.4, 0.5) is 5.82 Å². The summed E-state index contributed by atoms with van der Waals surface area (Å²) in [5.74, 6) is 2.50. The summed E-state index contributed by atoms with van der Waals surface area (Å²) in [5, 5.41) is 17.9. The maximum Gasteiger partial charge on any atom is 0.243 e. The van der Waals surface area contributed by atoms with Gasteiger partial charge in [-0.1, -0.05) is 11.6 Å². The predicted octanol–water partition coefficient (Wildman–Crippen LogP) is 4.18. The average molecular weight is 453 g/mol. The molecule has 4 N–H and O–H groups in total. The van der Waals surface area contributed by atoms with E-state index in [1.807, 2.05) is 32.9 Å². The summed E-state index contributed by atoms with van der Waals surface area (Å²) < 4.78 is 11.1. The molecule has 0 unspecified atom stereocenters. The van der Waals surface area contributed by atoms with Crippen molar-refractivity contribution in [3.63, 3.8) is 0 Å². The molecule has 10 heteroatoms. The van der Waals surface area contributed by atoms with Gasteiger partial charge in [-0.3, -0.25) is 10.0 Å². The van der Waals surface area contributed by atoms with E-state index in [-0.39, 0.29) is 5.91 Å². The van der Waals surface area contributed by atoms with Gasteiger partial charge in [0.1, 0.15) is 28.8 Å². The first-order valence-electron chi connectivity index (χ1n) is 10.9. The molecule has 0 fully saturated rings. The van der Waals surface area contributed by atoms with Crippen molar-refractivity contribution in [2.24, 2.45) is 0 Å². The number of ether oxygens (including phenoxy) is 1. The van der Waals surface area contributed by atoms with Gasteiger partial charge in [0.05, 0.1) is 23.8 Å². The number of nitrogens with zero attached hydrogens (tertiary/aromatic N) is 3. The van der Waals surface area contributed by atoms with Crippen molar-refractivity contribution in [2.45, 2.75) is 46.5 Å². The molecular weight excluding hydrogens is 424 g/mol. The SMILES string of the molecule is COc1cc2c(cc1-c1c(C)noc1C)[nH]c1nc(C)nc(NCCCCCC(=O)NO)c12. The third-order valence-electron chi connectivity index (χ3n) is 5.68. The smallest absolute Gasteiger partial charge is 0.243 e. The number of anilines is 1. The highest BCUT2D eigenvalue weighted by atomic mass is 16.5. The molecule has 0 aliphatic carbocycles. The number of hydroxylamine groups is 1. The van der Waals surface area contributed by atoms with Crippen molar-refractivity contribution < 1.29 is 19.3 Å². The molecule has 3 aromatic heterocycles. The second-order valence-electron chi connectivity index (χ2n) is 8.04. The number of H-pyrrole nitrogens is 1. The molecule has 0 aliphatic rings. The van der Waals surface area contributed by atoms with Crippen molar-refractivity contribution >= 4 is 33.7 Å². The molecule has 0 radical (unpaired) electrons. The molecule has 174 valence electrons. The Morgan fingerprint density at radius 3 is 2.70 bits per heavy atom. The molecule has 4 rings (SSSR count). The first-order valence-corrected chi connectivity index (χ1v) is 10.9. The minimum Gasteiger partial charge on any atom is -0.496 e. The lowest BCUT2D eigenvalue weighted by molar-refractivity contribution is -0.129. The van der Waals surface area contributed by atoms with E-state index in [1.165, 1.54) is 0 Å². The van der Waals surface area contributed by atoms with Gasteiger partial charge in [0.15, 0.2) is 0 Å². The van der Waals surface area contributed by atoms with E-state index < -0.39 is 0 Å². The fraction of sp³-hybridized carbons (Fsp3) is 0.391. The molecule has 10 nitrogen and oxygen atoms in total. The summed E-state index contributed by atoms with van der Waals surface area (Å²) in [4.78, 5) is 23.8. The van der Waals surface area contributed by atoms with Gasteiger partial charge in [-0.05, 0) is 45.7 Å². The van der Waals surface area contributed by atoms with Crippen molar-refractivity contribution in [3.8, 4) is 16.9 Å². The molecule has 0 saturated heterocycles. The molecular formula is C23H28N6O4. The first kappa shape index (κ1) is 22.5. The molecule has 0 spiro atoms. The van der Waals surface area contributed by atoms with Crippen LogP contribution in [0.25, 0.3) is 33.1 Å². The Morgan fingerprint density at radius 1 is 1.18 bits per heavy atom. The quantitative estimate of drug-likeness (QED) is 0.169. The van der Waals surface area contributed by atoms with Crippen LogP contribution in [-0.2, 0) is 4.79 Å². The molecule has 1 aromatic carbocycles. The van der Waals surface area contributed by atoms with E-state index in [1.54, 1.807) is 12.6 Å². The Morgan fingerprint density at radius 2 is 2.00 bits per heavy atom. The van der Waals surface area contributed by atoms with Gasteiger partial charge in [0, 0.05) is 29.4 Å². The van der Waals surface area contributed by atoms with Gasteiger partial charge in [-0.15, -0.1) is 0 Å². The van der Waals surface area contributed by atoms with E-state index in [4.69, 9.17) is 14.5 Å². The highest BCUT2D eigenvalue weighted by Gasteiger charge is 2.20. The Kier molecular flexibility index (Phi) is 6.45. The molecule has 0 aliphatic heterocycles. The number of benzene rings is 1. The molecule has 0 atom stereocenters. The summed E-state index contributed by atoms with van der Waals surface area (Å²) in [6.45, 7) is 6.36. The summed E-state index contributed by atoms with van der Waals surface area (Å²) in [5.41, 5.74) is 5.94. The minimum atomic E-state index is -0.361. The highest BCUT2D eigenvalue weighted by Crippen LogP contribution is 2.40. The molecule has 0 saturated carbocycles. The zero-order chi connectivity index (χ0) is 23.5. The van der Waals surface area contributed by atoms with Crippen LogP contribution >= 0.6 is 0 Å². The van der Waals surface area contributed by atoms with Crippen molar-refractivity contribution in [3.05, 3.63) is 29.4 Å². The third kappa shape index (κ3) is 4.47. The van der Waals surface area contributed by atoms with Crippen LogP contribution in [0.3, 0.4) is 0 Å². The van der Waals surface area contributed by atoms with Gasteiger partial charge < -0.3 is 19.6 Å². The number of fused-ring (bicyclic) bond motifs is 3. The van der Waals surface area contributed by atoms with Crippen LogP contribution in [-0.4, -0.2) is 44.9 Å². The Labute approximate surface area is 190 Å². The first-order chi connectivity index (χ1) is 15.9. The molecule has 4 aromatic rings. The van der Waals surface area contributed by atoms with Crippen LogP contribution in [0.2, 0.25) is 0 Å². The molecule has 0 bridgehead atoms. The number of nitrogens with one attached hydrogen (secondary N) is 3. The lowest BCUT2D eigenvalue weighted by Crippen LogP contribution is -2.17. The summed E-state index contributed by atoms with van der Waals surface area (Å²) in [6.07, 6.45) is 2.74. The fourth-order valence-electron chi connectivity index (χ4n) is 4.15. The lowest BCUT2D eigenvalue weighted by atomic mass is 10.0. The molecule has 3 heterocycles. The Hall–Kier alpha value is -3.66. The van der Waals surface area contributed by atoms with Gasteiger partial charge in [-0.25, -0.2) is 15.4 Å². The summed E-state index contributed by atoms with van der Waals surface area (Å²) >= 11 is 0. The normalized spacial score (nSPS) is 11.3. The molecule has 1 amide bonds. The molecule has 33 heavy (non-hydrogen) atoms. The van der Waals surface area contributed by atoms with Gasteiger partial charge in [0.2, 0.25) is 5.91 Å². The number of carbonyl (C=O) groups excluding carboxylic acids is 1. The maximum atomic E-state index is 11.1. The standard InChI is InChI=1S/C23H28N6O4/c1-12-20(13(2)33-29-12)16-10-17-15(11-18(16)32-4)21-22(25-14(3)26-23(21)27-17)24-9-7-5-6-8-19(30)28-31/h10-11,31H,5-9H2,1-4H3,(H,28,30)(H2,24,25,26,27). The van der Waals surface area contributed by atoms with E-state index in [0.29, 0.717) is 31.0 Å². The van der Waals surface area contributed by atoms with Gasteiger partial charge >= 0.3 is 0 Å². The van der Waals surface area contributed by atoms with E-state index >= 15 is 0 Å². The second-order valence-corrected chi connectivity index (χ2v) is 8.04. The van der Waals surface area contributed by atoms with Crippen LogP contribution in [0, 0.1) is 20.8 Å². The van der Waals surface area contributed by atoms with E-state index in [2.05, 4.69) is 25.4 Å². The average Bonchev–Trinajstić information content (AvgIpc) is 3.32. The second kappa shape index (κ2) is 9.45. The number of carbonyl (C=O) groups is 1. The van der Waals surface area contributed by atoms with Crippen LogP contribution in [0.5, 0.6) is 5.75 Å². The third-order valence-corrected chi connectivity index (χ3v) is 5.68. The largest absolute Gasteiger partial charge is 0.496 e. The number of hydrogen-bond acceptors (Lipinski definition) is 8. The number of hydrogen-bond donors (Lipinski definition) is 4. The van der Waals surface area contributed by atoms with Crippen molar-refractivity contribution in [2.75, 3.05) is 19.0 Å². The number of amides is 1. The zero-order valence-electron chi connectivity index (χ0n) is 19.2. The van der Waals surface area contributed by atoms with Gasteiger partial charge in [-0.2, -0.15) is 0 Å². The number of aryl methyl sites for hydroxylation is 3. The van der Waals surface area contributed by atoms with Crippen LogP contribution in [0.15, 0.2) is 16.7 Å². The topological polar surface area (TPSA) is 138 Å². The maximum absolute atomic E-state index is 11.1. The monoisotopic (exact) mass is 452 g/mol. The van der Waals surface area contributed by atoms with E-state index in [0.717, 1.165) is 63.2 Å². The number of methoxy groups -OCH3 is 1. The summed E-state index contributed by atoms with van der Waals surface area (Å²) in [6, 6.07) is 4.03. The highest BCUT2D eigenvalue weighted by molar-refractivity contribution is 6.12. The van der Waals surface area contributed by atoms with Gasteiger partial charge in [0.25, 0.3) is 0 Å². The number of unbranched alkanes of at least 4 members (excludes halogenated alkanes) is 2.